The van der Waals surface area contributed by atoms with E-state index < -0.39 is 5.85 Å². The lowest BCUT2D eigenvalue weighted by atomic mass is 10.3. The first-order valence-corrected chi connectivity index (χ1v) is 2.99. The lowest BCUT2D eigenvalue weighted by Crippen LogP contribution is -2.56. The lowest BCUT2D eigenvalue weighted by molar-refractivity contribution is 0.0377. The lowest BCUT2D eigenvalue weighted by Gasteiger charge is -2.27. The van der Waals surface area contributed by atoms with Crippen LogP contribution in [0.15, 0.2) is 16.9 Å². The fourth-order valence-electron chi connectivity index (χ4n) is 0.736. The SMILES string of the molecule is COC1(N)C=NC=C(C)N1. The van der Waals surface area contributed by atoms with E-state index in [9.17, 15) is 0 Å². The van der Waals surface area contributed by atoms with E-state index in [4.69, 9.17) is 10.5 Å². The van der Waals surface area contributed by atoms with Crippen molar-refractivity contribution < 1.29 is 4.74 Å². The molecule has 0 aromatic heterocycles. The number of aliphatic imine (C=N–C) groups is 1. The molecule has 56 valence electrons. The molecular formula is C6H11N3O. The molecule has 1 atom stereocenters. The van der Waals surface area contributed by atoms with E-state index in [1.807, 2.05) is 6.92 Å². The van der Waals surface area contributed by atoms with Crippen molar-refractivity contribution in [3.8, 4) is 0 Å². The van der Waals surface area contributed by atoms with E-state index in [2.05, 4.69) is 10.3 Å². The van der Waals surface area contributed by atoms with Gasteiger partial charge in [-0.15, -0.1) is 0 Å². The van der Waals surface area contributed by atoms with Crippen LogP contribution in [-0.4, -0.2) is 19.2 Å². The number of nitrogens with zero attached hydrogens (tertiary/aromatic N) is 1. The Hall–Kier alpha value is -0.870. The molecule has 0 bridgehead atoms. The Balaban J connectivity index is 2.71. The van der Waals surface area contributed by atoms with E-state index >= 15 is 0 Å². The standard InChI is InChI=1S/C6H11N3O/c1-5-3-8-4-6(7,9-5)10-2/h3-4,9H,7H2,1-2H3. The van der Waals surface area contributed by atoms with Gasteiger partial charge < -0.3 is 10.1 Å². The number of ether oxygens (including phenoxy) is 1. The van der Waals surface area contributed by atoms with Gasteiger partial charge in [-0.05, 0) is 6.92 Å². The Morgan fingerprint density at radius 1 is 1.80 bits per heavy atom. The summed E-state index contributed by atoms with van der Waals surface area (Å²) in [5, 5.41) is 2.91. The van der Waals surface area contributed by atoms with Crippen LogP contribution in [0.4, 0.5) is 0 Å². The minimum absolute atomic E-state index is 0.895. The van der Waals surface area contributed by atoms with E-state index in [-0.39, 0.29) is 0 Å². The first-order chi connectivity index (χ1) is 4.66. The molecular weight excluding hydrogens is 130 g/mol. The van der Waals surface area contributed by atoms with Crippen LogP contribution >= 0.6 is 0 Å². The molecule has 0 aromatic carbocycles. The smallest absolute Gasteiger partial charge is 0.230 e. The van der Waals surface area contributed by atoms with Crippen molar-refractivity contribution in [3.63, 3.8) is 0 Å². The molecule has 10 heavy (non-hydrogen) atoms. The van der Waals surface area contributed by atoms with Crippen LogP contribution < -0.4 is 11.1 Å². The topological polar surface area (TPSA) is 59.6 Å². The maximum absolute atomic E-state index is 5.63. The summed E-state index contributed by atoms with van der Waals surface area (Å²) in [6.45, 7) is 1.87. The number of hydrogen-bond donors (Lipinski definition) is 2. The van der Waals surface area contributed by atoms with Gasteiger partial charge in [0.1, 0.15) is 0 Å². The highest BCUT2D eigenvalue weighted by Crippen LogP contribution is 2.03. The molecule has 4 nitrogen and oxygen atoms in total. The summed E-state index contributed by atoms with van der Waals surface area (Å²) in [5.41, 5.74) is 6.52. The first kappa shape index (κ1) is 7.24. The van der Waals surface area contributed by atoms with E-state index in [1.165, 1.54) is 13.3 Å². The molecule has 0 aliphatic carbocycles. The first-order valence-electron chi connectivity index (χ1n) is 2.99. The van der Waals surface area contributed by atoms with Crippen molar-refractivity contribution in [1.29, 1.82) is 0 Å². The van der Waals surface area contributed by atoms with Gasteiger partial charge in [-0.2, -0.15) is 0 Å². The molecule has 1 aliphatic rings. The Morgan fingerprint density at radius 3 is 2.90 bits per heavy atom. The Labute approximate surface area is 59.8 Å². The summed E-state index contributed by atoms with van der Waals surface area (Å²) in [6.07, 6.45) is 3.20. The van der Waals surface area contributed by atoms with Gasteiger partial charge in [0, 0.05) is 19.0 Å². The van der Waals surface area contributed by atoms with Crippen LogP contribution in [0.25, 0.3) is 0 Å². The highest BCUT2D eigenvalue weighted by Gasteiger charge is 2.22. The van der Waals surface area contributed by atoms with Crippen molar-refractivity contribution in [2.45, 2.75) is 12.8 Å². The molecule has 1 unspecified atom stereocenters. The molecule has 1 aliphatic heterocycles. The van der Waals surface area contributed by atoms with E-state index in [0.29, 0.717) is 0 Å². The predicted molar refractivity (Wildman–Crippen MR) is 39.3 cm³/mol. The fraction of sp³-hybridized carbons (Fsp3) is 0.500. The maximum Gasteiger partial charge on any atom is 0.230 e. The zero-order chi connectivity index (χ0) is 7.61. The normalized spacial score (nSPS) is 31.3. The molecule has 0 fully saturated rings. The zero-order valence-electron chi connectivity index (χ0n) is 6.09. The number of methoxy groups -OCH3 is 1. The second kappa shape index (κ2) is 2.40. The summed E-state index contributed by atoms with van der Waals surface area (Å²) in [7, 11) is 1.53. The van der Waals surface area contributed by atoms with Crippen molar-refractivity contribution >= 4 is 6.21 Å². The quantitative estimate of drug-likeness (QED) is 0.496. The minimum atomic E-state index is -0.918. The minimum Gasteiger partial charge on any atom is -0.343 e. The molecule has 0 amide bonds. The Morgan fingerprint density at radius 2 is 2.50 bits per heavy atom. The number of allylic oxidation sites excluding steroid dienone is 1. The van der Waals surface area contributed by atoms with Crippen molar-refractivity contribution in [1.82, 2.24) is 5.32 Å². The van der Waals surface area contributed by atoms with Gasteiger partial charge in [-0.3, -0.25) is 10.7 Å². The summed E-state index contributed by atoms with van der Waals surface area (Å²) >= 11 is 0. The monoisotopic (exact) mass is 141 g/mol. The number of nitrogens with two attached hydrogens (primary N) is 1. The number of rotatable bonds is 1. The zero-order valence-corrected chi connectivity index (χ0v) is 6.09. The molecule has 1 rings (SSSR count). The van der Waals surface area contributed by atoms with Crippen LogP contribution in [0, 0.1) is 0 Å². The fourth-order valence-corrected chi connectivity index (χ4v) is 0.736. The second-order valence-electron chi connectivity index (χ2n) is 2.21. The summed E-state index contributed by atoms with van der Waals surface area (Å²) in [6, 6.07) is 0. The molecule has 0 saturated carbocycles. The van der Waals surface area contributed by atoms with Gasteiger partial charge in [0.2, 0.25) is 5.85 Å². The molecule has 0 spiro atoms. The predicted octanol–water partition coefficient (Wildman–Crippen LogP) is -0.219. The molecule has 4 heteroatoms. The van der Waals surface area contributed by atoms with Crippen LogP contribution in [0.5, 0.6) is 0 Å². The van der Waals surface area contributed by atoms with Crippen LogP contribution in [0.3, 0.4) is 0 Å². The molecule has 0 radical (unpaired) electrons. The average molecular weight is 141 g/mol. The number of hydrogen-bond acceptors (Lipinski definition) is 4. The third-order valence-electron chi connectivity index (χ3n) is 1.26. The second-order valence-corrected chi connectivity index (χ2v) is 2.21. The molecule has 3 N–H and O–H groups in total. The van der Waals surface area contributed by atoms with Gasteiger partial charge in [0.15, 0.2) is 0 Å². The third-order valence-corrected chi connectivity index (χ3v) is 1.26. The summed E-state index contributed by atoms with van der Waals surface area (Å²) < 4.78 is 4.93. The van der Waals surface area contributed by atoms with Crippen molar-refractivity contribution in [3.05, 3.63) is 11.9 Å². The van der Waals surface area contributed by atoms with Crippen LogP contribution in [-0.2, 0) is 4.74 Å². The van der Waals surface area contributed by atoms with Crippen LogP contribution in [0.2, 0.25) is 0 Å². The Bertz CT molecular complexity index is 187. The van der Waals surface area contributed by atoms with E-state index in [0.717, 1.165) is 5.70 Å². The molecule has 0 saturated heterocycles. The van der Waals surface area contributed by atoms with Gasteiger partial charge >= 0.3 is 0 Å². The molecule has 0 aromatic rings. The van der Waals surface area contributed by atoms with Gasteiger partial charge in [-0.1, -0.05) is 0 Å². The largest absolute Gasteiger partial charge is 0.343 e. The summed E-state index contributed by atoms with van der Waals surface area (Å²) in [4.78, 5) is 3.88. The van der Waals surface area contributed by atoms with E-state index in [1.54, 1.807) is 6.20 Å². The average Bonchev–Trinajstić information content (AvgIpc) is 1.88. The highest BCUT2D eigenvalue weighted by molar-refractivity contribution is 5.69. The van der Waals surface area contributed by atoms with Crippen molar-refractivity contribution in [2.24, 2.45) is 10.7 Å². The highest BCUT2D eigenvalue weighted by atomic mass is 16.5. The van der Waals surface area contributed by atoms with Crippen LogP contribution in [0.1, 0.15) is 6.92 Å². The van der Waals surface area contributed by atoms with Gasteiger partial charge in [0.05, 0.1) is 6.21 Å². The third kappa shape index (κ3) is 1.34. The summed E-state index contributed by atoms with van der Waals surface area (Å²) in [5.74, 6) is -0.918. The van der Waals surface area contributed by atoms with Gasteiger partial charge in [-0.25, -0.2) is 0 Å². The number of nitrogens with one attached hydrogen (secondary N) is 1. The van der Waals surface area contributed by atoms with Crippen molar-refractivity contribution in [2.75, 3.05) is 7.11 Å². The Kier molecular flexibility index (Phi) is 1.74. The molecule has 1 heterocycles. The van der Waals surface area contributed by atoms with Gasteiger partial charge in [0.25, 0.3) is 0 Å². The maximum atomic E-state index is 5.63.